The molecule has 0 aromatic carbocycles. The lowest BCUT2D eigenvalue weighted by molar-refractivity contribution is -0.106. The zero-order chi connectivity index (χ0) is 8.48. The van der Waals surface area contributed by atoms with E-state index in [1.165, 1.54) is 0 Å². The van der Waals surface area contributed by atoms with Gasteiger partial charge in [-0.25, -0.2) is 0 Å². The topological polar surface area (TPSA) is 35.2 Å². The van der Waals surface area contributed by atoms with Gasteiger partial charge >= 0.3 is 6.18 Å². The van der Waals surface area contributed by atoms with Crippen molar-refractivity contribution in [2.24, 2.45) is 5.73 Å². The number of rotatable bonds is 0. The van der Waals surface area contributed by atoms with Gasteiger partial charge in [0.1, 0.15) is 0 Å². The zero-order valence-electron chi connectivity index (χ0n) is 5.43. The van der Waals surface area contributed by atoms with Crippen molar-refractivity contribution in [2.45, 2.75) is 12.4 Å². The molecule has 1 atom stereocenters. The maximum absolute atomic E-state index is 11.9. The second kappa shape index (κ2) is 2.58. The van der Waals surface area contributed by atoms with E-state index < -0.39 is 18.0 Å². The minimum atomic E-state index is -4.40. The molecule has 1 rings (SSSR count). The number of nitrogens with two attached hydrogens (primary N) is 1. The van der Waals surface area contributed by atoms with Crippen LogP contribution in [-0.4, -0.2) is 12.4 Å². The van der Waals surface area contributed by atoms with E-state index in [4.69, 9.17) is 5.73 Å². The van der Waals surface area contributed by atoms with Gasteiger partial charge in [-0.1, -0.05) is 0 Å². The van der Waals surface area contributed by atoms with Crippen LogP contribution in [0.15, 0.2) is 24.0 Å². The first-order valence-electron chi connectivity index (χ1n) is 2.87. The van der Waals surface area contributed by atoms with Gasteiger partial charge in [0.25, 0.3) is 0 Å². The summed E-state index contributed by atoms with van der Waals surface area (Å²) in [6.07, 6.45) is -2.61. The Balaban J connectivity index is 2.84. The Morgan fingerprint density at radius 2 is 2.09 bits per heavy atom. The molecular formula is C6H6F3NO. The fourth-order valence-corrected chi connectivity index (χ4v) is 0.697. The summed E-state index contributed by atoms with van der Waals surface area (Å²) < 4.78 is 40.2. The van der Waals surface area contributed by atoms with E-state index in [9.17, 15) is 13.2 Å². The Morgan fingerprint density at radius 1 is 1.45 bits per heavy atom. The molecule has 2 nitrogen and oxygen atoms in total. The molecule has 0 saturated carbocycles. The monoisotopic (exact) mass is 165 g/mol. The average Bonchev–Trinajstić information content (AvgIpc) is 1.86. The molecular weight excluding hydrogens is 159 g/mol. The maximum Gasteiger partial charge on any atom is 0.417 e. The summed E-state index contributed by atoms with van der Waals surface area (Å²) in [7, 11) is 0. The maximum atomic E-state index is 11.9. The number of alkyl halides is 3. The first-order valence-corrected chi connectivity index (χ1v) is 2.87. The van der Waals surface area contributed by atoms with Crippen molar-refractivity contribution < 1.29 is 17.9 Å². The molecule has 0 saturated heterocycles. The number of hydrogen-bond acceptors (Lipinski definition) is 2. The van der Waals surface area contributed by atoms with E-state index in [1.54, 1.807) is 0 Å². The number of halogens is 3. The summed E-state index contributed by atoms with van der Waals surface area (Å²) in [6.45, 7) is 0. The summed E-state index contributed by atoms with van der Waals surface area (Å²) in [4.78, 5) is 0. The molecule has 0 aliphatic carbocycles. The van der Waals surface area contributed by atoms with Crippen LogP contribution in [0, 0.1) is 0 Å². The predicted octanol–water partition coefficient (Wildman–Crippen LogP) is 1.30. The van der Waals surface area contributed by atoms with Crippen LogP contribution in [0.25, 0.3) is 0 Å². The summed E-state index contributed by atoms with van der Waals surface area (Å²) in [6, 6.07) is 0. The van der Waals surface area contributed by atoms with Gasteiger partial charge in [0.05, 0.1) is 11.8 Å². The molecule has 0 amide bonds. The van der Waals surface area contributed by atoms with E-state index in [1.807, 2.05) is 0 Å². The molecule has 5 heteroatoms. The summed E-state index contributed by atoms with van der Waals surface area (Å²) in [5, 5.41) is 0. The number of hydrogen-bond donors (Lipinski definition) is 1. The molecule has 0 spiro atoms. The smallest absolute Gasteiger partial charge is 0.417 e. The second-order valence-corrected chi connectivity index (χ2v) is 2.00. The molecule has 1 unspecified atom stereocenters. The highest BCUT2D eigenvalue weighted by atomic mass is 19.4. The van der Waals surface area contributed by atoms with Crippen LogP contribution in [0.3, 0.4) is 0 Å². The van der Waals surface area contributed by atoms with Gasteiger partial charge in [-0.2, -0.15) is 13.2 Å². The zero-order valence-corrected chi connectivity index (χ0v) is 5.43. The van der Waals surface area contributed by atoms with Crippen LogP contribution in [0.5, 0.6) is 0 Å². The number of allylic oxidation sites excluding steroid dienone is 2. The summed E-state index contributed by atoms with van der Waals surface area (Å²) >= 11 is 0. The van der Waals surface area contributed by atoms with Crippen LogP contribution in [0.1, 0.15) is 0 Å². The summed E-state index contributed by atoms with van der Waals surface area (Å²) in [5.74, 6) is 0. The van der Waals surface area contributed by atoms with E-state index in [-0.39, 0.29) is 0 Å². The van der Waals surface area contributed by atoms with Gasteiger partial charge in [-0.05, 0) is 12.2 Å². The molecule has 0 aromatic heterocycles. The Bertz CT molecular complexity index is 206. The minimum Gasteiger partial charge on any atom is -0.479 e. The first kappa shape index (κ1) is 8.13. The molecule has 0 aromatic rings. The predicted molar refractivity (Wildman–Crippen MR) is 32.3 cm³/mol. The molecule has 1 aliphatic heterocycles. The largest absolute Gasteiger partial charge is 0.479 e. The molecule has 11 heavy (non-hydrogen) atoms. The van der Waals surface area contributed by atoms with Crippen molar-refractivity contribution in [3.63, 3.8) is 0 Å². The fourth-order valence-electron chi connectivity index (χ4n) is 0.697. The second-order valence-electron chi connectivity index (χ2n) is 2.00. The fraction of sp³-hybridized carbons (Fsp3) is 0.333. The number of ether oxygens (including phenoxy) is 1. The average molecular weight is 165 g/mol. The Labute approximate surface area is 61.1 Å². The van der Waals surface area contributed by atoms with Crippen LogP contribution in [0.4, 0.5) is 13.2 Å². The van der Waals surface area contributed by atoms with Gasteiger partial charge in [0.15, 0.2) is 6.23 Å². The molecule has 1 aliphatic rings. The van der Waals surface area contributed by atoms with Crippen LogP contribution >= 0.6 is 0 Å². The van der Waals surface area contributed by atoms with E-state index in [2.05, 4.69) is 4.74 Å². The van der Waals surface area contributed by atoms with Gasteiger partial charge in [0.2, 0.25) is 0 Å². The van der Waals surface area contributed by atoms with E-state index >= 15 is 0 Å². The molecule has 62 valence electrons. The van der Waals surface area contributed by atoms with Crippen molar-refractivity contribution >= 4 is 0 Å². The quantitative estimate of drug-likeness (QED) is 0.587. The molecule has 1 heterocycles. The normalized spacial score (nSPS) is 24.4. The standard InChI is InChI=1S/C6H6F3NO/c7-6(8,9)4-2-1-3-11-5(4)10/h1-3,5H,10H2. The van der Waals surface area contributed by atoms with Crippen molar-refractivity contribution in [1.82, 2.24) is 0 Å². The minimum absolute atomic E-state index is 0.861. The van der Waals surface area contributed by atoms with Gasteiger partial charge in [-0.3, -0.25) is 5.73 Å². The van der Waals surface area contributed by atoms with Crippen LogP contribution < -0.4 is 5.73 Å². The Morgan fingerprint density at radius 3 is 2.45 bits per heavy atom. The van der Waals surface area contributed by atoms with Gasteiger partial charge in [0, 0.05) is 0 Å². The van der Waals surface area contributed by atoms with Crippen molar-refractivity contribution in [2.75, 3.05) is 0 Å². The van der Waals surface area contributed by atoms with E-state index in [0.29, 0.717) is 0 Å². The third-order valence-electron chi connectivity index (χ3n) is 1.21. The van der Waals surface area contributed by atoms with Crippen molar-refractivity contribution in [3.05, 3.63) is 24.0 Å². The molecule has 0 radical (unpaired) electrons. The lowest BCUT2D eigenvalue weighted by Gasteiger charge is -2.19. The van der Waals surface area contributed by atoms with Gasteiger partial charge in [-0.15, -0.1) is 0 Å². The Kier molecular flexibility index (Phi) is 1.90. The van der Waals surface area contributed by atoms with Gasteiger partial charge < -0.3 is 4.74 Å². The summed E-state index contributed by atoms with van der Waals surface area (Å²) in [5.41, 5.74) is 4.14. The highest BCUT2D eigenvalue weighted by molar-refractivity contribution is 5.22. The van der Waals surface area contributed by atoms with Crippen molar-refractivity contribution in [1.29, 1.82) is 0 Å². The van der Waals surface area contributed by atoms with Crippen LogP contribution in [0.2, 0.25) is 0 Å². The van der Waals surface area contributed by atoms with Crippen LogP contribution in [-0.2, 0) is 4.74 Å². The molecule has 2 N–H and O–H groups in total. The highest BCUT2D eigenvalue weighted by Crippen LogP contribution is 2.29. The molecule has 0 bridgehead atoms. The third-order valence-corrected chi connectivity index (χ3v) is 1.21. The Hall–Kier alpha value is -0.970. The SMILES string of the molecule is NC1OC=CC=C1C(F)(F)F. The highest BCUT2D eigenvalue weighted by Gasteiger charge is 2.38. The first-order chi connectivity index (χ1) is 5.02. The van der Waals surface area contributed by atoms with Crippen molar-refractivity contribution in [3.8, 4) is 0 Å². The molecule has 0 fully saturated rings. The third kappa shape index (κ3) is 1.74. The lowest BCUT2D eigenvalue weighted by atomic mass is 10.2. The lowest BCUT2D eigenvalue weighted by Crippen LogP contribution is -2.33. The van der Waals surface area contributed by atoms with E-state index in [0.717, 1.165) is 18.4 Å².